The molecule has 1 aliphatic rings. The number of thiophene rings is 1. The van der Waals surface area contributed by atoms with Crippen LogP contribution in [0.2, 0.25) is 0 Å². The second kappa shape index (κ2) is 6.18. The standard InChI is InChI=1S/C15H25NOS/c1-12-9-14(18-13(12)2)10-16-11-15(17)7-5-3-4-6-8-15/h9,16-17H,3-8,10-11H2,1-2H3. The molecule has 1 fully saturated rings. The van der Waals surface area contributed by atoms with Gasteiger partial charge in [-0.25, -0.2) is 0 Å². The molecule has 1 aliphatic carbocycles. The molecule has 0 atom stereocenters. The summed E-state index contributed by atoms with van der Waals surface area (Å²) in [4.78, 5) is 2.78. The SMILES string of the molecule is Cc1cc(CNCC2(O)CCCCCC2)sc1C. The van der Waals surface area contributed by atoms with Crippen molar-refractivity contribution in [2.45, 2.75) is 64.5 Å². The van der Waals surface area contributed by atoms with Crippen LogP contribution in [0.1, 0.15) is 53.8 Å². The van der Waals surface area contributed by atoms with E-state index in [-0.39, 0.29) is 0 Å². The van der Waals surface area contributed by atoms with Crippen molar-refractivity contribution in [3.05, 3.63) is 21.4 Å². The average Bonchev–Trinajstić information content (AvgIpc) is 2.52. The predicted octanol–water partition coefficient (Wildman–Crippen LogP) is 3.54. The van der Waals surface area contributed by atoms with E-state index in [1.54, 1.807) is 0 Å². The van der Waals surface area contributed by atoms with Gasteiger partial charge in [0.2, 0.25) is 0 Å². The van der Waals surface area contributed by atoms with Crippen LogP contribution in [0.25, 0.3) is 0 Å². The number of nitrogens with one attached hydrogen (secondary N) is 1. The van der Waals surface area contributed by atoms with Gasteiger partial charge in [0.25, 0.3) is 0 Å². The molecule has 0 saturated heterocycles. The van der Waals surface area contributed by atoms with Crippen molar-refractivity contribution in [3.63, 3.8) is 0 Å². The van der Waals surface area contributed by atoms with Crippen molar-refractivity contribution in [1.29, 1.82) is 0 Å². The first-order valence-corrected chi connectivity index (χ1v) is 7.90. The molecule has 102 valence electrons. The Balaban J connectivity index is 1.80. The van der Waals surface area contributed by atoms with Crippen LogP contribution in [0, 0.1) is 13.8 Å². The fraction of sp³-hybridized carbons (Fsp3) is 0.733. The van der Waals surface area contributed by atoms with E-state index in [9.17, 15) is 5.11 Å². The third-order valence-corrected chi connectivity index (χ3v) is 5.16. The zero-order valence-electron chi connectivity index (χ0n) is 11.6. The van der Waals surface area contributed by atoms with Crippen LogP contribution in [0.4, 0.5) is 0 Å². The maximum atomic E-state index is 10.5. The second-order valence-electron chi connectivity index (χ2n) is 5.69. The van der Waals surface area contributed by atoms with E-state index < -0.39 is 5.60 Å². The molecule has 0 unspecified atom stereocenters. The average molecular weight is 267 g/mol. The summed E-state index contributed by atoms with van der Waals surface area (Å²) in [5.41, 5.74) is 0.919. The Kier molecular flexibility index (Phi) is 4.82. The number of aliphatic hydroxyl groups is 1. The van der Waals surface area contributed by atoms with E-state index in [2.05, 4.69) is 25.2 Å². The van der Waals surface area contributed by atoms with Crippen molar-refractivity contribution >= 4 is 11.3 Å². The van der Waals surface area contributed by atoms with Gasteiger partial charge in [0, 0.05) is 22.8 Å². The molecule has 18 heavy (non-hydrogen) atoms. The molecule has 0 aliphatic heterocycles. The summed E-state index contributed by atoms with van der Waals surface area (Å²) in [7, 11) is 0. The Morgan fingerprint density at radius 3 is 2.44 bits per heavy atom. The maximum Gasteiger partial charge on any atom is 0.0771 e. The number of aryl methyl sites for hydroxylation is 2. The Hall–Kier alpha value is -0.380. The Morgan fingerprint density at radius 2 is 1.89 bits per heavy atom. The van der Waals surface area contributed by atoms with Crippen molar-refractivity contribution in [2.75, 3.05) is 6.54 Å². The fourth-order valence-corrected chi connectivity index (χ4v) is 3.74. The number of hydrogen-bond acceptors (Lipinski definition) is 3. The molecular weight excluding hydrogens is 242 g/mol. The lowest BCUT2D eigenvalue weighted by Crippen LogP contribution is -2.39. The lowest BCUT2D eigenvalue weighted by Gasteiger charge is -2.26. The van der Waals surface area contributed by atoms with Gasteiger partial charge in [0.1, 0.15) is 0 Å². The second-order valence-corrected chi connectivity index (χ2v) is 7.03. The van der Waals surface area contributed by atoms with Crippen molar-refractivity contribution < 1.29 is 5.11 Å². The van der Waals surface area contributed by atoms with Crippen LogP contribution in [-0.4, -0.2) is 17.3 Å². The molecule has 1 saturated carbocycles. The quantitative estimate of drug-likeness (QED) is 0.818. The normalized spacial score (nSPS) is 19.7. The summed E-state index contributed by atoms with van der Waals surface area (Å²) in [6.45, 7) is 5.96. The van der Waals surface area contributed by atoms with Crippen molar-refractivity contribution in [3.8, 4) is 0 Å². The van der Waals surface area contributed by atoms with Gasteiger partial charge < -0.3 is 10.4 Å². The van der Waals surface area contributed by atoms with E-state index in [0.717, 1.165) is 25.9 Å². The van der Waals surface area contributed by atoms with Gasteiger partial charge in [0.15, 0.2) is 0 Å². The van der Waals surface area contributed by atoms with Gasteiger partial charge in [0.05, 0.1) is 5.60 Å². The first-order chi connectivity index (χ1) is 8.59. The molecule has 2 N–H and O–H groups in total. The lowest BCUT2D eigenvalue weighted by molar-refractivity contribution is 0.0251. The first-order valence-electron chi connectivity index (χ1n) is 7.08. The first kappa shape index (κ1) is 14.0. The summed E-state index contributed by atoms with van der Waals surface area (Å²) < 4.78 is 0. The van der Waals surface area contributed by atoms with Crippen molar-refractivity contribution in [2.24, 2.45) is 0 Å². The molecule has 0 amide bonds. The van der Waals surface area contributed by atoms with Gasteiger partial charge in [-0.2, -0.15) is 0 Å². The summed E-state index contributed by atoms with van der Waals surface area (Å²) >= 11 is 1.86. The highest BCUT2D eigenvalue weighted by Gasteiger charge is 2.27. The highest BCUT2D eigenvalue weighted by Crippen LogP contribution is 2.26. The summed E-state index contributed by atoms with van der Waals surface area (Å²) in [6, 6.07) is 2.25. The van der Waals surface area contributed by atoms with E-state index >= 15 is 0 Å². The third-order valence-electron chi connectivity index (χ3n) is 4.00. The number of hydrogen-bond donors (Lipinski definition) is 2. The molecule has 0 bridgehead atoms. The van der Waals surface area contributed by atoms with E-state index in [0.29, 0.717) is 0 Å². The molecule has 0 radical (unpaired) electrons. The van der Waals surface area contributed by atoms with E-state index in [1.165, 1.54) is 41.0 Å². The van der Waals surface area contributed by atoms with Crippen LogP contribution in [-0.2, 0) is 6.54 Å². The summed E-state index contributed by atoms with van der Waals surface area (Å²) in [5.74, 6) is 0. The summed E-state index contributed by atoms with van der Waals surface area (Å²) in [6.07, 6.45) is 6.84. The van der Waals surface area contributed by atoms with Gasteiger partial charge >= 0.3 is 0 Å². The Morgan fingerprint density at radius 1 is 1.22 bits per heavy atom. The molecule has 1 aromatic heterocycles. The van der Waals surface area contributed by atoms with Gasteiger partial charge in [-0.3, -0.25) is 0 Å². The van der Waals surface area contributed by atoms with Gasteiger partial charge in [-0.15, -0.1) is 11.3 Å². The van der Waals surface area contributed by atoms with E-state index in [4.69, 9.17) is 0 Å². The highest BCUT2D eigenvalue weighted by atomic mass is 32.1. The monoisotopic (exact) mass is 267 g/mol. The topological polar surface area (TPSA) is 32.3 Å². The molecule has 0 spiro atoms. The minimum absolute atomic E-state index is 0.460. The summed E-state index contributed by atoms with van der Waals surface area (Å²) in [5, 5.41) is 14.0. The fourth-order valence-electron chi connectivity index (χ4n) is 2.72. The van der Waals surface area contributed by atoms with Crippen LogP contribution < -0.4 is 5.32 Å². The Bertz CT molecular complexity index is 358. The van der Waals surface area contributed by atoms with E-state index in [1.807, 2.05) is 11.3 Å². The van der Waals surface area contributed by atoms with Gasteiger partial charge in [-0.1, -0.05) is 25.7 Å². The molecule has 2 rings (SSSR count). The highest BCUT2D eigenvalue weighted by molar-refractivity contribution is 7.12. The largest absolute Gasteiger partial charge is 0.389 e. The Labute approximate surface area is 114 Å². The lowest BCUT2D eigenvalue weighted by atomic mass is 9.94. The molecule has 2 nitrogen and oxygen atoms in total. The number of rotatable bonds is 4. The zero-order chi connectivity index (χ0) is 13.0. The zero-order valence-corrected chi connectivity index (χ0v) is 12.4. The minimum atomic E-state index is -0.460. The van der Waals surface area contributed by atoms with Crippen LogP contribution in [0.3, 0.4) is 0 Å². The minimum Gasteiger partial charge on any atom is -0.389 e. The van der Waals surface area contributed by atoms with Crippen molar-refractivity contribution in [1.82, 2.24) is 5.32 Å². The predicted molar refractivity (Wildman–Crippen MR) is 78.2 cm³/mol. The molecule has 3 heteroatoms. The third kappa shape index (κ3) is 3.81. The van der Waals surface area contributed by atoms with Crippen LogP contribution in [0.15, 0.2) is 6.07 Å². The smallest absolute Gasteiger partial charge is 0.0771 e. The molecular formula is C15H25NOS. The molecule has 0 aromatic carbocycles. The molecule has 1 heterocycles. The molecule has 1 aromatic rings. The maximum absolute atomic E-state index is 10.5. The van der Waals surface area contributed by atoms with Crippen LogP contribution in [0.5, 0.6) is 0 Å². The van der Waals surface area contributed by atoms with Gasteiger partial charge in [-0.05, 0) is 38.3 Å². The van der Waals surface area contributed by atoms with Crippen LogP contribution >= 0.6 is 11.3 Å².